The largest absolute Gasteiger partial charge is 0.479 e. The molecule has 3 aromatic heterocycles. The Morgan fingerprint density at radius 1 is 1.33 bits per heavy atom. The van der Waals surface area contributed by atoms with Crippen LogP contribution in [0, 0.1) is 0 Å². The summed E-state index contributed by atoms with van der Waals surface area (Å²) in [6, 6.07) is 5.78. The molecule has 3 aromatic rings. The molecule has 0 fully saturated rings. The number of hydrogen-bond donors (Lipinski definition) is 1. The first kappa shape index (κ1) is 15.9. The molecular formula is C15H15N5O3S. The first-order chi connectivity index (χ1) is 11.6. The van der Waals surface area contributed by atoms with Crippen molar-refractivity contribution in [3.63, 3.8) is 0 Å². The molecule has 0 aliphatic carbocycles. The number of methoxy groups -OCH3 is 2. The number of anilines is 1. The van der Waals surface area contributed by atoms with E-state index in [4.69, 9.17) is 9.47 Å². The van der Waals surface area contributed by atoms with Crippen molar-refractivity contribution in [2.45, 2.75) is 0 Å². The Morgan fingerprint density at radius 2 is 2.17 bits per heavy atom. The van der Waals surface area contributed by atoms with Gasteiger partial charge in [-0.05, 0) is 17.5 Å². The summed E-state index contributed by atoms with van der Waals surface area (Å²) in [6.45, 7) is 0. The zero-order valence-corrected chi connectivity index (χ0v) is 14.1. The molecule has 3 heterocycles. The zero-order chi connectivity index (χ0) is 17.1. The highest BCUT2D eigenvalue weighted by atomic mass is 32.1. The fourth-order valence-electron chi connectivity index (χ4n) is 2.10. The van der Waals surface area contributed by atoms with Crippen molar-refractivity contribution < 1.29 is 14.3 Å². The van der Waals surface area contributed by atoms with Gasteiger partial charge in [0.25, 0.3) is 5.91 Å². The Balaban J connectivity index is 1.85. The smallest absolute Gasteiger partial charge is 0.319 e. The summed E-state index contributed by atoms with van der Waals surface area (Å²) in [5.41, 5.74) is 1.51. The van der Waals surface area contributed by atoms with Gasteiger partial charge in [-0.25, -0.2) is 4.98 Å². The van der Waals surface area contributed by atoms with Crippen molar-refractivity contribution in [2.75, 3.05) is 19.5 Å². The van der Waals surface area contributed by atoms with Crippen LogP contribution in [0.2, 0.25) is 0 Å². The summed E-state index contributed by atoms with van der Waals surface area (Å²) in [6.07, 6.45) is 1.43. The highest BCUT2D eigenvalue weighted by molar-refractivity contribution is 7.13. The number of hydrogen-bond acceptors (Lipinski definition) is 7. The van der Waals surface area contributed by atoms with Crippen LogP contribution in [0.5, 0.6) is 11.9 Å². The van der Waals surface area contributed by atoms with Gasteiger partial charge in [0.2, 0.25) is 5.88 Å². The minimum absolute atomic E-state index is 0.158. The Bertz CT molecular complexity index is 860. The van der Waals surface area contributed by atoms with Gasteiger partial charge in [-0.1, -0.05) is 6.07 Å². The normalized spacial score (nSPS) is 10.5. The summed E-state index contributed by atoms with van der Waals surface area (Å²) in [7, 11) is 4.62. The SMILES string of the molecule is COc1ncc(NC(=O)c2cc(-c3cccs3)nn2C)c(OC)n1. The molecule has 124 valence electrons. The molecule has 8 nitrogen and oxygen atoms in total. The minimum Gasteiger partial charge on any atom is -0.479 e. The van der Waals surface area contributed by atoms with Gasteiger partial charge in [0.15, 0.2) is 0 Å². The average molecular weight is 345 g/mol. The molecule has 9 heteroatoms. The Hall–Kier alpha value is -2.94. The average Bonchev–Trinajstić information content (AvgIpc) is 3.24. The lowest BCUT2D eigenvalue weighted by Gasteiger charge is -2.09. The standard InChI is InChI=1S/C15H15N5O3S/c1-20-11(7-9(19-20)12-5-4-6-24-12)13(21)17-10-8-16-15(23-3)18-14(10)22-2/h4-8H,1-3H3,(H,17,21). The number of carbonyl (C=O) groups is 1. The number of nitrogens with zero attached hydrogens (tertiary/aromatic N) is 4. The third-order valence-electron chi connectivity index (χ3n) is 3.24. The van der Waals surface area contributed by atoms with E-state index in [9.17, 15) is 4.79 Å². The lowest BCUT2D eigenvalue weighted by molar-refractivity contribution is 0.101. The number of rotatable bonds is 5. The molecule has 3 rings (SSSR count). The number of ether oxygens (including phenoxy) is 2. The summed E-state index contributed by atoms with van der Waals surface area (Å²) in [4.78, 5) is 21.5. The minimum atomic E-state index is -0.333. The number of carbonyl (C=O) groups excluding carboxylic acids is 1. The van der Waals surface area contributed by atoms with Crippen LogP contribution in [-0.4, -0.2) is 39.9 Å². The van der Waals surface area contributed by atoms with Crippen LogP contribution in [0.1, 0.15) is 10.5 Å². The van der Waals surface area contributed by atoms with E-state index in [1.807, 2.05) is 17.5 Å². The van der Waals surface area contributed by atoms with E-state index in [0.717, 1.165) is 10.6 Å². The van der Waals surface area contributed by atoms with Crippen molar-refractivity contribution in [1.29, 1.82) is 0 Å². The molecule has 0 radical (unpaired) electrons. The topological polar surface area (TPSA) is 91.2 Å². The first-order valence-electron chi connectivity index (χ1n) is 6.96. The van der Waals surface area contributed by atoms with Gasteiger partial charge in [0.1, 0.15) is 17.1 Å². The second-order valence-corrected chi connectivity index (χ2v) is 5.70. The van der Waals surface area contributed by atoms with E-state index in [0.29, 0.717) is 11.4 Å². The molecule has 0 unspecified atom stereocenters. The van der Waals surface area contributed by atoms with Crippen LogP contribution >= 0.6 is 11.3 Å². The van der Waals surface area contributed by atoms with Gasteiger partial charge < -0.3 is 14.8 Å². The van der Waals surface area contributed by atoms with E-state index >= 15 is 0 Å². The maximum absolute atomic E-state index is 12.5. The van der Waals surface area contributed by atoms with E-state index in [2.05, 4.69) is 20.4 Å². The lowest BCUT2D eigenvalue weighted by atomic mass is 10.3. The van der Waals surface area contributed by atoms with Crippen molar-refractivity contribution in [2.24, 2.45) is 7.05 Å². The molecule has 0 bridgehead atoms. The highest BCUT2D eigenvalue weighted by Crippen LogP contribution is 2.26. The van der Waals surface area contributed by atoms with Gasteiger partial charge >= 0.3 is 6.01 Å². The van der Waals surface area contributed by atoms with Crippen LogP contribution in [0.3, 0.4) is 0 Å². The van der Waals surface area contributed by atoms with Gasteiger partial charge in [-0.2, -0.15) is 10.1 Å². The predicted molar refractivity (Wildman–Crippen MR) is 89.6 cm³/mol. The molecule has 1 amide bonds. The molecular weight excluding hydrogens is 330 g/mol. The van der Waals surface area contributed by atoms with Crippen LogP contribution < -0.4 is 14.8 Å². The van der Waals surface area contributed by atoms with Crippen LogP contribution in [0.15, 0.2) is 29.8 Å². The van der Waals surface area contributed by atoms with Gasteiger partial charge in [0.05, 0.1) is 25.3 Å². The molecule has 0 saturated carbocycles. The van der Waals surface area contributed by atoms with Gasteiger partial charge in [0, 0.05) is 7.05 Å². The molecule has 0 aliphatic rings. The summed E-state index contributed by atoms with van der Waals surface area (Å²) in [5.74, 6) is -0.115. The summed E-state index contributed by atoms with van der Waals surface area (Å²) in [5, 5.41) is 9.06. The van der Waals surface area contributed by atoms with E-state index < -0.39 is 0 Å². The third-order valence-corrected chi connectivity index (χ3v) is 4.13. The molecule has 0 saturated heterocycles. The molecule has 0 spiro atoms. The Kier molecular flexibility index (Phi) is 4.43. The van der Waals surface area contributed by atoms with Crippen molar-refractivity contribution >= 4 is 22.9 Å². The van der Waals surface area contributed by atoms with Gasteiger partial charge in [-0.15, -0.1) is 11.3 Å². The fourth-order valence-corrected chi connectivity index (χ4v) is 2.78. The quantitative estimate of drug-likeness (QED) is 0.762. The molecule has 0 aliphatic heterocycles. The number of nitrogens with one attached hydrogen (secondary N) is 1. The van der Waals surface area contributed by atoms with E-state index in [1.165, 1.54) is 25.1 Å². The van der Waals surface area contributed by atoms with Crippen molar-refractivity contribution in [3.05, 3.63) is 35.5 Å². The third kappa shape index (κ3) is 3.06. The monoisotopic (exact) mass is 345 g/mol. The molecule has 1 N–H and O–H groups in total. The highest BCUT2D eigenvalue weighted by Gasteiger charge is 2.17. The fraction of sp³-hybridized carbons (Fsp3) is 0.200. The maximum atomic E-state index is 12.5. The second-order valence-electron chi connectivity index (χ2n) is 4.75. The van der Waals surface area contributed by atoms with Crippen LogP contribution in [0.25, 0.3) is 10.6 Å². The predicted octanol–water partition coefficient (Wildman–Crippen LogP) is 2.21. The zero-order valence-electron chi connectivity index (χ0n) is 13.3. The molecule has 0 atom stereocenters. The molecule has 0 aromatic carbocycles. The van der Waals surface area contributed by atoms with Crippen LogP contribution in [0.4, 0.5) is 5.69 Å². The number of aromatic nitrogens is 4. The van der Waals surface area contributed by atoms with Crippen LogP contribution in [-0.2, 0) is 7.05 Å². The Morgan fingerprint density at radius 3 is 2.83 bits per heavy atom. The van der Waals surface area contributed by atoms with Gasteiger partial charge in [-0.3, -0.25) is 9.48 Å². The lowest BCUT2D eigenvalue weighted by Crippen LogP contribution is -2.17. The van der Waals surface area contributed by atoms with E-state index in [1.54, 1.807) is 24.5 Å². The van der Waals surface area contributed by atoms with E-state index in [-0.39, 0.29) is 17.8 Å². The van der Waals surface area contributed by atoms with Crippen molar-refractivity contribution in [1.82, 2.24) is 19.7 Å². The maximum Gasteiger partial charge on any atom is 0.319 e. The molecule has 24 heavy (non-hydrogen) atoms. The second kappa shape index (κ2) is 6.67. The number of aryl methyl sites for hydroxylation is 1. The summed E-state index contributed by atoms with van der Waals surface area (Å²) >= 11 is 1.56. The number of thiophene rings is 1. The summed E-state index contributed by atoms with van der Waals surface area (Å²) < 4.78 is 11.6. The Labute approximate surface area is 142 Å². The first-order valence-corrected chi connectivity index (χ1v) is 7.84. The number of amides is 1. The van der Waals surface area contributed by atoms with Crippen molar-refractivity contribution in [3.8, 4) is 22.5 Å².